The molecule has 1 heterocycles. The minimum absolute atomic E-state index is 0.198. The van der Waals surface area contributed by atoms with Crippen LogP contribution in [0.25, 0.3) is 6.08 Å². The average molecular weight is 298 g/mol. The molecule has 0 spiro atoms. The van der Waals surface area contributed by atoms with E-state index in [0.717, 1.165) is 29.9 Å². The second-order valence-corrected chi connectivity index (χ2v) is 5.13. The predicted octanol–water partition coefficient (Wildman–Crippen LogP) is 2.31. The van der Waals surface area contributed by atoms with Crippen LogP contribution in [0.5, 0.6) is 0 Å². The van der Waals surface area contributed by atoms with Gasteiger partial charge in [-0.15, -0.1) is 0 Å². The third kappa shape index (κ3) is 4.05. The van der Waals surface area contributed by atoms with Crippen LogP contribution in [0.4, 0.5) is 0 Å². The summed E-state index contributed by atoms with van der Waals surface area (Å²) in [6, 6.07) is 9.74. The van der Waals surface area contributed by atoms with Crippen molar-refractivity contribution in [3.63, 3.8) is 0 Å². The van der Waals surface area contributed by atoms with Crippen molar-refractivity contribution in [3.05, 3.63) is 52.7 Å². The van der Waals surface area contributed by atoms with E-state index in [0.29, 0.717) is 5.57 Å². The van der Waals surface area contributed by atoms with E-state index in [2.05, 4.69) is 27.9 Å². The van der Waals surface area contributed by atoms with Crippen molar-refractivity contribution < 1.29 is 4.79 Å². The largest absolute Gasteiger partial charge is 0.312 e. The molecule has 0 aliphatic carbocycles. The van der Waals surface area contributed by atoms with Crippen LogP contribution < -0.4 is 10.9 Å². The molecule has 1 aliphatic heterocycles. The van der Waals surface area contributed by atoms with Crippen LogP contribution in [0.3, 0.4) is 0 Å². The summed E-state index contributed by atoms with van der Waals surface area (Å²) in [6.07, 6.45) is 3.54. The molecule has 0 atom stereocenters. The zero-order valence-electron chi connectivity index (χ0n) is 13.3. The third-order valence-electron chi connectivity index (χ3n) is 3.57. The smallest absolute Gasteiger partial charge is 0.267 e. The summed E-state index contributed by atoms with van der Waals surface area (Å²) < 4.78 is 0. The summed E-state index contributed by atoms with van der Waals surface area (Å²) in [5, 5.41) is 6.10. The van der Waals surface area contributed by atoms with Gasteiger partial charge in [-0.25, -0.2) is 10.9 Å². The van der Waals surface area contributed by atoms with Gasteiger partial charge < -0.3 is 5.01 Å². The first kappa shape index (κ1) is 16.0. The number of amides is 1. The second kappa shape index (κ2) is 7.56. The molecule has 0 radical (unpaired) electrons. The topological polar surface area (TPSA) is 56.7 Å². The molecule has 0 aromatic heterocycles. The van der Waals surface area contributed by atoms with Crippen LogP contribution in [0.15, 0.2) is 52.3 Å². The Morgan fingerprint density at radius 1 is 1.41 bits per heavy atom. The lowest BCUT2D eigenvalue weighted by atomic mass is 10.1. The van der Waals surface area contributed by atoms with Gasteiger partial charge in [0, 0.05) is 29.9 Å². The highest BCUT2D eigenvalue weighted by Gasteiger charge is 2.15. The maximum absolute atomic E-state index is 12.0. The number of hydrazone groups is 1. The second-order valence-electron chi connectivity index (χ2n) is 5.13. The fraction of sp³-hybridized carbons (Fsp3) is 0.294. The summed E-state index contributed by atoms with van der Waals surface area (Å²) in [5.41, 5.74) is 9.64. The number of benzene rings is 1. The lowest BCUT2D eigenvalue weighted by Gasteiger charge is -2.16. The maximum atomic E-state index is 12.0. The summed E-state index contributed by atoms with van der Waals surface area (Å²) in [6.45, 7) is 7.52. The molecule has 0 bridgehead atoms. The van der Waals surface area contributed by atoms with Crippen molar-refractivity contribution in [1.82, 2.24) is 15.9 Å². The van der Waals surface area contributed by atoms with E-state index >= 15 is 0 Å². The normalized spacial score (nSPS) is 15.8. The van der Waals surface area contributed by atoms with Gasteiger partial charge in [0.25, 0.3) is 5.91 Å². The molecule has 5 heteroatoms. The summed E-state index contributed by atoms with van der Waals surface area (Å²) in [5.74, 6) is -0.198. The molecule has 1 aliphatic rings. The Hall–Kier alpha value is -2.40. The van der Waals surface area contributed by atoms with Gasteiger partial charge in [0.2, 0.25) is 0 Å². The molecule has 0 fully saturated rings. The van der Waals surface area contributed by atoms with E-state index in [1.54, 1.807) is 13.1 Å². The molecule has 1 amide bonds. The zero-order valence-corrected chi connectivity index (χ0v) is 13.3. The summed E-state index contributed by atoms with van der Waals surface area (Å²) in [4.78, 5) is 12.0. The Labute approximate surface area is 131 Å². The maximum Gasteiger partial charge on any atom is 0.267 e. The molecule has 1 aromatic rings. The fourth-order valence-electron chi connectivity index (χ4n) is 2.21. The van der Waals surface area contributed by atoms with Crippen LogP contribution in [0.2, 0.25) is 0 Å². The highest BCUT2D eigenvalue weighted by atomic mass is 16.2. The number of rotatable bonds is 5. The number of hydrazine groups is 1. The minimum atomic E-state index is -0.198. The lowest BCUT2D eigenvalue weighted by Crippen LogP contribution is -2.30. The van der Waals surface area contributed by atoms with Crippen molar-refractivity contribution in [2.45, 2.75) is 20.8 Å². The number of carbonyl (C=O) groups is 1. The SMILES string of the molecule is CCN1NCC(C=NNC(=O)C(C)=Cc2ccccc2)=C1C. The van der Waals surface area contributed by atoms with Crippen molar-refractivity contribution in [1.29, 1.82) is 0 Å². The molecular formula is C17H22N4O. The molecule has 0 unspecified atom stereocenters. The van der Waals surface area contributed by atoms with Gasteiger partial charge in [0.1, 0.15) is 0 Å². The first-order chi connectivity index (χ1) is 10.6. The first-order valence-corrected chi connectivity index (χ1v) is 7.39. The Bertz CT molecular complexity index is 617. The number of nitrogens with zero attached hydrogens (tertiary/aromatic N) is 2. The third-order valence-corrected chi connectivity index (χ3v) is 3.57. The zero-order chi connectivity index (χ0) is 15.9. The number of hydrogen-bond acceptors (Lipinski definition) is 4. The van der Waals surface area contributed by atoms with Gasteiger partial charge >= 0.3 is 0 Å². The van der Waals surface area contributed by atoms with Crippen LogP contribution >= 0.6 is 0 Å². The highest BCUT2D eigenvalue weighted by Crippen LogP contribution is 2.12. The average Bonchev–Trinajstić information content (AvgIpc) is 2.88. The lowest BCUT2D eigenvalue weighted by molar-refractivity contribution is -0.117. The van der Waals surface area contributed by atoms with Crippen LogP contribution in [-0.2, 0) is 4.79 Å². The molecule has 116 valence electrons. The number of nitrogens with one attached hydrogen (secondary N) is 2. The van der Waals surface area contributed by atoms with Gasteiger partial charge in [-0.05, 0) is 32.4 Å². The van der Waals surface area contributed by atoms with E-state index < -0.39 is 0 Å². The van der Waals surface area contributed by atoms with E-state index in [-0.39, 0.29) is 5.91 Å². The summed E-state index contributed by atoms with van der Waals surface area (Å²) in [7, 11) is 0. The van der Waals surface area contributed by atoms with Crippen LogP contribution in [0, 0.1) is 0 Å². The van der Waals surface area contributed by atoms with Crippen molar-refractivity contribution in [2.75, 3.05) is 13.1 Å². The van der Waals surface area contributed by atoms with Crippen molar-refractivity contribution in [3.8, 4) is 0 Å². The van der Waals surface area contributed by atoms with E-state index in [1.807, 2.05) is 43.3 Å². The molecule has 2 N–H and O–H groups in total. The Balaban J connectivity index is 1.94. The predicted molar refractivity (Wildman–Crippen MR) is 89.8 cm³/mol. The van der Waals surface area contributed by atoms with Crippen molar-refractivity contribution in [2.24, 2.45) is 5.10 Å². The van der Waals surface area contributed by atoms with Crippen LogP contribution in [-0.4, -0.2) is 30.2 Å². The monoisotopic (exact) mass is 298 g/mol. The van der Waals surface area contributed by atoms with Gasteiger partial charge in [0.15, 0.2) is 0 Å². The Morgan fingerprint density at radius 2 is 2.14 bits per heavy atom. The first-order valence-electron chi connectivity index (χ1n) is 7.39. The van der Waals surface area contributed by atoms with Crippen LogP contribution in [0.1, 0.15) is 26.3 Å². The quantitative estimate of drug-likeness (QED) is 0.498. The van der Waals surface area contributed by atoms with Gasteiger partial charge in [-0.2, -0.15) is 5.10 Å². The molecule has 0 saturated carbocycles. The van der Waals surface area contributed by atoms with Gasteiger partial charge in [-0.1, -0.05) is 30.3 Å². The number of carbonyl (C=O) groups excluding carboxylic acids is 1. The number of hydrogen-bond donors (Lipinski definition) is 2. The van der Waals surface area contributed by atoms with E-state index in [9.17, 15) is 4.79 Å². The van der Waals surface area contributed by atoms with E-state index in [4.69, 9.17) is 0 Å². The van der Waals surface area contributed by atoms with Gasteiger partial charge in [-0.3, -0.25) is 4.79 Å². The minimum Gasteiger partial charge on any atom is -0.312 e. The van der Waals surface area contributed by atoms with E-state index in [1.165, 1.54) is 0 Å². The molecule has 22 heavy (non-hydrogen) atoms. The molecule has 0 saturated heterocycles. The summed E-state index contributed by atoms with van der Waals surface area (Å²) >= 11 is 0. The Kier molecular flexibility index (Phi) is 5.49. The standard InChI is InChI=1S/C17H22N4O/c1-4-21-14(3)16(12-19-21)11-18-20-17(22)13(2)10-15-8-6-5-7-9-15/h5-11,19H,4,12H2,1-3H3,(H,20,22). The molecular weight excluding hydrogens is 276 g/mol. The van der Waals surface area contributed by atoms with Gasteiger partial charge in [0.05, 0.1) is 6.21 Å². The number of allylic oxidation sites excluding steroid dienone is 1. The Morgan fingerprint density at radius 3 is 2.77 bits per heavy atom. The molecule has 5 nitrogen and oxygen atoms in total. The van der Waals surface area contributed by atoms with Crippen molar-refractivity contribution >= 4 is 18.2 Å². The molecule has 1 aromatic carbocycles. The fourth-order valence-corrected chi connectivity index (χ4v) is 2.21. The highest BCUT2D eigenvalue weighted by molar-refractivity contribution is 5.97. The molecule has 2 rings (SSSR count).